The molecule has 0 fully saturated rings. The summed E-state index contributed by atoms with van der Waals surface area (Å²) < 4.78 is 11.4. The normalized spacial score (nSPS) is 24.1. The van der Waals surface area contributed by atoms with Crippen LogP contribution >= 0.6 is 0 Å². The second-order valence-corrected chi connectivity index (χ2v) is 7.30. The van der Waals surface area contributed by atoms with Gasteiger partial charge in [0.2, 0.25) is 6.29 Å². The number of carbonyl (C=O) groups is 2. The summed E-state index contributed by atoms with van der Waals surface area (Å²) in [5.74, 6) is -0.434. The van der Waals surface area contributed by atoms with Crippen molar-refractivity contribution >= 4 is 11.9 Å². The Hall–Kier alpha value is -2.92. The molecule has 2 atom stereocenters. The number of benzene rings is 2. The van der Waals surface area contributed by atoms with E-state index in [0.717, 1.165) is 24.0 Å². The van der Waals surface area contributed by atoms with Gasteiger partial charge in [0, 0.05) is 13.0 Å². The predicted octanol–water partition coefficient (Wildman–Crippen LogP) is 3.51. The molecule has 28 heavy (non-hydrogen) atoms. The Kier molecular flexibility index (Phi) is 4.77. The van der Waals surface area contributed by atoms with Gasteiger partial charge in [0.15, 0.2) is 5.78 Å². The number of hydrogen-bond donors (Lipinski definition) is 1. The van der Waals surface area contributed by atoms with Crippen LogP contribution in [-0.2, 0) is 27.1 Å². The van der Waals surface area contributed by atoms with Gasteiger partial charge in [-0.25, -0.2) is 4.79 Å². The third-order valence-electron chi connectivity index (χ3n) is 5.63. The summed E-state index contributed by atoms with van der Waals surface area (Å²) in [5, 5.41) is 2.41. The van der Waals surface area contributed by atoms with Crippen LogP contribution in [0.5, 0.6) is 0 Å². The summed E-state index contributed by atoms with van der Waals surface area (Å²) in [6.45, 7) is 1.79. The molecule has 5 heteroatoms. The van der Waals surface area contributed by atoms with Crippen molar-refractivity contribution in [3.8, 4) is 0 Å². The third kappa shape index (κ3) is 3.12. The van der Waals surface area contributed by atoms with Crippen molar-refractivity contribution in [3.63, 3.8) is 0 Å². The number of hydrogen-bond acceptors (Lipinski definition) is 4. The van der Waals surface area contributed by atoms with E-state index >= 15 is 0 Å². The van der Waals surface area contributed by atoms with Crippen molar-refractivity contribution in [2.75, 3.05) is 7.05 Å². The van der Waals surface area contributed by atoms with Crippen LogP contribution in [0.4, 0.5) is 4.79 Å². The zero-order valence-electron chi connectivity index (χ0n) is 16.0. The molecule has 1 aliphatic carbocycles. The van der Waals surface area contributed by atoms with E-state index in [1.807, 2.05) is 24.3 Å². The third-order valence-corrected chi connectivity index (χ3v) is 5.63. The van der Waals surface area contributed by atoms with Crippen molar-refractivity contribution in [2.24, 2.45) is 0 Å². The summed E-state index contributed by atoms with van der Waals surface area (Å²) in [4.78, 5) is 24.7. The van der Waals surface area contributed by atoms with Crippen molar-refractivity contribution in [1.82, 2.24) is 5.32 Å². The molecule has 2 aromatic carbocycles. The Morgan fingerprint density at radius 2 is 1.64 bits per heavy atom. The zero-order chi connectivity index (χ0) is 19.7. The second-order valence-electron chi connectivity index (χ2n) is 7.30. The summed E-state index contributed by atoms with van der Waals surface area (Å²) >= 11 is 0. The molecule has 1 heterocycles. The molecule has 1 N–H and O–H groups in total. The van der Waals surface area contributed by atoms with Crippen LogP contribution in [0.3, 0.4) is 0 Å². The number of ether oxygens (including phenoxy) is 2. The van der Waals surface area contributed by atoms with Crippen LogP contribution in [0.15, 0.2) is 60.7 Å². The minimum atomic E-state index is -1.19. The molecule has 0 bridgehead atoms. The van der Waals surface area contributed by atoms with Gasteiger partial charge in [-0.1, -0.05) is 48.5 Å². The quantitative estimate of drug-likeness (QED) is 0.870. The van der Waals surface area contributed by atoms with Gasteiger partial charge >= 0.3 is 6.09 Å². The van der Waals surface area contributed by atoms with E-state index in [9.17, 15) is 9.59 Å². The fraction of sp³-hybridized carbons (Fsp3) is 0.304. The molecule has 2 unspecified atom stereocenters. The van der Waals surface area contributed by atoms with E-state index in [1.54, 1.807) is 6.92 Å². The molecule has 0 spiro atoms. The topological polar surface area (TPSA) is 64.6 Å². The van der Waals surface area contributed by atoms with Gasteiger partial charge in [-0.05, 0) is 54.2 Å². The first-order valence-corrected chi connectivity index (χ1v) is 9.47. The first-order valence-electron chi connectivity index (χ1n) is 9.47. The molecule has 0 saturated heterocycles. The van der Waals surface area contributed by atoms with E-state index in [-0.39, 0.29) is 11.7 Å². The van der Waals surface area contributed by atoms with Crippen LogP contribution in [0.25, 0.3) is 0 Å². The van der Waals surface area contributed by atoms with Crippen molar-refractivity contribution < 1.29 is 19.1 Å². The second kappa shape index (κ2) is 7.24. The Morgan fingerprint density at radius 3 is 2.21 bits per heavy atom. The Morgan fingerprint density at radius 1 is 1.07 bits per heavy atom. The van der Waals surface area contributed by atoms with Crippen LogP contribution in [-0.4, -0.2) is 30.8 Å². The highest BCUT2D eigenvalue weighted by Gasteiger charge is 2.48. The number of alkyl carbamates (subject to hydrolysis) is 1. The number of amides is 1. The number of nitrogens with one attached hydrogen (secondary N) is 1. The van der Waals surface area contributed by atoms with E-state index in [0.29, 0.717) is 0 Å². The Balaban J connectivity index is 1.84. The standard InChI is InChI=1S/C23H23NO4/c1-23(19(25)13-14-20(28-23)27-22(26)24-2)21-17-9-5-3-7-15(17)11-12-16-8-4-6-10-18(16)21/h3-10,13-14,20-21H,11-12H2,1-2H3,(H,24,26). The van der Waals surface area contributed by atoms with Crippen LogP contribution in [0, 0.1) is 0 Å². The molecular formula is C23H23NO4. The number of fused-ring (bicyclic) bond motifs is 2. The monoisotopic (exact) mass is 377 g/mol. The van der Waals surface area contributed by atoms with Gasteiger partial charge < -0.3 is 14.8 Å². The van der Waals surface area contributed by atoms with Gasteiger partial charge in [-0.2, -0.15) is 0 Å². The Labute approximate surface area is 164 Å². The minimum Gasteiger partial charge on any atom is -0.416 e. The van der Waals surface area contributed by atoms with E-state index < -0.39 is 18.0 Å². The van der Waals surface area contributed by atoms with Crippen molar-refractivity contribution in [3.05, 3.63) is 82.9 Å². The van der Waals surface area contributed by atoms with Gasteiger partial charge in [0.25, 0.3) is 0 Å². The molecule has 144 valence electrons. The average Bonchev–Trinajstić information content (AvgIpc) is 2.88. The summed E-state index contributed by atoms with van der Waals surface area (Å²) in [5.41, 5.74) is 3.39. The number of carbonyl (C=O) groups excluding carboxylic acids is 2. The van der Waals surface area contributed by atoms with Gasteiger partial charge in [-0.3, -0.25) is 4.79 Å². The minimum absolute atomic E-state index is 0.138. The molecule has 2 aromatic rings. The number of aryl methyl sites for hydroxylation is 2. The van der Waals surface area contributed by atoms with Gasteiger partial charge in [0.05, 0.1) is 0 Å². The SMILES string of the molecule is CNC(=O)OC1C=CC(=O)C(C)(C2c3ccccc3CCc3ccccc32)O1. The van der Waals surface area contributed by atoms with Crippen LogP contribution < -0.4 is 5.32 Å². The summed E-state index contributed by atoms with van der Waals surface area (Å²) in [6, 6.07) is 16.4. The van der Waals surface area contributed by atoms with Gasteiger partial charge in [-0.15, -0.1) is 0 Å². The Bertz CT molecular complexity index is 904. The number of rotatable bonds is 2. The molecule has 1 aliphatic heterocycles. The fourth-order valence-electron chi connectivity index (χ4n) is 4.23. The van der Waals surface area contributed by atoms with Gasteiger partial charge in [0.1, 0.15) is 5.60 Å². The van der Waals surface area contributed by atoms with Crippen LogP contribution in [0.2, 0.25) is 0 Å². The molecule has 0 radical (unpaired) electrons. The molecule has 5 nitrogen and oxygen atoms in total. The lowest BCUT2D eigenvalue weighted by Gasteiger charge is -2.40. The van der Waals surface area contributed by atoms with Crippen LogP contribution in [0.1, 0.15) is 35.1 Å². The molecule has 2 aliphatic rings. The number of ketones is 1. The summed E-state index contributed by atoms with van der Waals surface area (Å²) in [7, 11) is 1.48. The van der Waals surface area contributed by atoms with E-state index in [4.69, 9.17) is 9.47 Å². The predicted molar refractivity (Wildman–Crippen MR) is 105 cm³/mol. The van der Waals surface area contributed by atoms with Crippen molar-refractivity contribution in [1.29, 1.82) is 0 Å². The summed E-state index contributed by atoms with van der Waals surface area (Å²) in [6.07, 6.45) is 3.23. The van der Waals surface area contributed by atoms with E-state index in [2.05, 4.69) is 29.6 Å². The highest BCUT2D eigenvalue weighted by molar-refractivity contribution is 5.99. The largest absolute Gasteiger partial charge is 0.416 e. The smallest absolute Gasteiger partial charge is 0.409 e. The highest BCUT2D eigenvalue weighted by atomic mass is 16.7. The zero-order valence-corrected chi connectivity index (χ0v) is 16.0. The molecule has 1 amide bonds. The maximum Gasteiger partial charge on any atom is 0.409 e. The van der Waals surface area contributed by atoms with Crippen molar-refractivity contribution in [2.45, 2.75) is 37.6 Å². The first-order chi connectivity index (χ1) is 13.5. The lowest BCUT2D eigenvalue weighted by molar-refractivity contribution is -0.177. The maximum atomic E-state index is 13.1. The van der Waals surface area contributed by atoms with E-state index in [1.165, 1.54) is 30.3 Å². The molecular weight excluding hydrogens is 354 g/mol. The fourth-order valence-corrected chi connectivity index (χ4v) is 4.23. The lowest BCUT2D eigenvalue weighted by Crippen LogP contribution is -2.50. The molecule has 0 saturated carbocycles. The lowest BCUT2D eigenvalue weighted by atomic mass is 9.73. The average molecular weight is 377 g/mol. The molecule has 4 rings (SSSR count). The highest BCUT2D eigenvalue weighted by Crippen LogP contribution is 2.45. The maximum absolute atomic E-state index is 13.1. The molecule has 0 aromatic heterocycles. The first kappa shape index (κ1) is 18.4.